The van der Waals surface area contributed by atoms with Crippen molar-refractivity contribution in [1.29, 1.82) is 0 Å². The molecule has 5 nitrogen and oxygen atoms in total. The summed E-state index contributed by atoms with van der Waals surface area (Å²) in [6, 6.07) is 10.9. The molecule has 2 atom stereocenters. The molecule has 0 aliphatic carbocycles. The van der Waals surface area contributed by atoms with Crippen LogP contribution in [0.15, 0.2) is 35.3 Å². The fourth-order valence-corrected chi connectivity index (χ4v) is 4.09. The molecule has 2 fully saturated rings. The fourth-order valence-electron chi connectivity index (χ4n) is 4.09. The maximum absolute atomic E-state index is 5.45. The minimum absolute atomic E-state index is 0. The second-order valence-corrected chi connectivity index (χ2v) is 8.00. The molecule has 28 heavy (non-hydrogen) atoms. The van der Waals surface area contributed by atoms with Gasteiger partial charge < -0.3 is 15.0 Å². The topological polar surface area (TPSA) is 40.1 Å². The van der Waals surface area contributed by atoms with Gasteiger partial charge in [-0.2, -0.15) is 0 Å². The molecule has 6 heteroatoms. The molecule has 2 unspecified atom stereocenters. The number of halogens is 1. The van der Waals surface area contributed by atoms with Gasteiger partial charge in [0.25, 0.3) is 0 Å². The molecule has 2 aliphatic rings. The van der Waals surface area contributed by atoms with E-state index in [0.29, 0.717) is 5.92 Å². The summed E-state index contributed by atoms with van der Waals surface area (Å²) in [4.78, 5) is 9.94. The average molecular weight is 500 g/mol. The number of nitrogens with zero attached hydrogens (tertiary/aromatic N) is 3. The number of likely N-dealkylation sites (tertiary alicyclic amines) is 1. The number of hydrogen-bond acceptors (Lipinski definition) is 3. The number of benzene rings is 1. The van der Waals surface area contributed by atoms with Gasteiger partial charge in [0.05, 0.1) is 13.2 Å². The van der Waals surface area contributed by atoms with Crippen LogP contribution in [0.25, 0.3) is 0 Å². The monoisotopic (exact) mass is 500 g/mol. The lowest BCUT2D eigenvalue weighted by atomic mass is 9.99. The number of nitrogens with one attached hydrogen (secondary N) is 1. The molecule has 2 aliphatic heterocycles. The smallest absolute Gasteiger partial charge is 0.193 e. The number of aliphatic imine (C=N–C) groups is 1. The number of guanidine groups is 1. The molecule has 1 aromatic carbocycles. The van der Waals surface area contributed by atoms with Crippen molar-refractivity contribution < 1.29 is 4.74 Å². The second-order valence-electron chi connectivity index (χ2n) is 8.00. The summed E-state index contributed by atoms with van der Waals surface area (Å²) in [6.45, 7) is 13.5. The lowest BCUT2D eigenvalue weighted by molar-refractivity contribution is 0.0323. The van der Waals surface area contributed by atoms with Gasteiger partial charge in [-0.05, 0) is 37.2 Å². The standard InChI is InChI=1S/C22H36N4O.HI/c1-3-23-22(24-16-19(2)17-25-11-13-27-14-12-25)26-10-9-21(18-26)15-20-7-5-4-6-8-20;/h4-8,19,21H,3,9-18H2,1-2H3,(H,23,24);1H. The predicted molar refractivity (Wildman–Crippen MR) is 128 cm³/mol. The van der Waals surface area contributed by atoms with E-state index in [9.17, 15) is 0 Å². The van der Waals surface area contributed by atoms with E-state index in [1.54, 1.807) is 0 Å². The van der Waals surface area contributed by atoms with Crippen LogP contribution in [0.1, 0.15) is 25.8 Å². The predicted octanol–water partition coefficient (Wildman–Crippen LogP) is 3.10. The van der Waals surface area contributed by atoms with Gasteiger partial charge in [-0.1, -0.05) is 37.3 Å². The third kappa shape index (κ3) is 7.52. The van der Waals surface area contributed by atoms with Crippen molar-refractivity contribution in [3.63, 3.8) is 0 Å². The van der Waals surface area contributed by atoms with Gasteiger partial charge in [0.15, 0.2) is 5.96 Å². The Kier molecular flexibility index (Phi) is 10.6. The fraction of sp³-hybridized carbons (Fsp3) is 0.682. The first kappa shape index (κ1) is 23.4. The highest BCUT2D eigenvalue weighted by Crippen LogP contribution is 2.21. The molecule has 0 saturated carbocycles. The summed E-state index contributed by atoms with van der Waals surface area (Å²) >= 11 is 0. The maximum atomic E-state index is 5.45. The Bertz CT molecular complexity index is 577. The molecule has 1 N–H and O–H groups in total. The van der Waals surface area contributed by atoms with E-state index < -0.39 is 0 Å². The Balaban J connectivity index is 0.00000280. The summed E-state index contributed by atoms with van der Waals surface area (Å²) < 4.78 is 5.45. The lowest BCUT2D eigenvalue weighted by Gasteiger charge is -2.29. The Labute approximate surface area is 187 Å². The number of morpholine rings is 1. The normalized spacial score (nSPS) is 22.0. The van der Waals surface area contributed by atoms with E-state index in [0.717, 1.165) is 70.9 Å². The largest absolute Gasteiger partial charge is 0.379 e. The minimum atomic E-state index is 0. The Hall–Kier alpha value is -0.860. The molecule has 158 valence electrons. The van der Waals surface area contributed by atoms with Crippen LogP contribution in [0, 0.1) is 11.8 Å². The lowest BCUT2D eigenvalue weighted by Crippen LogP contribution is -2.41. The highest BCUT2D eigenvalue weighted by molar-refractivity contribution is 14.0. The third-order valence-electron chi connectivity index (χ3n) is 5.51. The summed E-state index contributed by atoms with van der Waals surface area (Å²) in [5.41, 5.74) is 1.45. The molecule has 0 bridgehead atoms. The zero-order valence-electron chi connectivity index (χ0n) is 17.5. The van der Waals surface area contributed by atoms with E-state index in [1.165, 1.54) is 18.4 Å². The van der Waals surface area contributed by atoms with Crippen LogP contribution >= 0.6 is 24.0 Å². The quantitative estimate of drug-likeness (QED) is 0.355. The first-order valence-corrected chi connectivity index (χ1v) is 10.6. The average Bonchev–Trinajstić information content (AvgIpc) is 3.15. The van der Waals surface area contributed by atoms with E-state index in [4.69, 9.17) is 9.73 Å². The molecule has 0 aromatic heterocycles. The van der Waals surface area contributed by atoms with Crippen molar-refractivity contribution in [2.24, 2.45) is 16.8 Å². The van der Waals surface area contributed by atoms with E-state index in [-0.39, 0.29) is 24.0 Å². The van der Waals surface area contributed by atoms with Crippen molar-refractivity contribution in [3.8, 4) is 0 Å². The summed E-state index contributed by atoms with van der Waals surface area (Å²) in [6.07, 6.45) is 2.42. The zero-order chi connectivity index (χ0) is 18.9. The summed E-state index contributed by atoms with van der Waals surface area (Å²) in [5, 5.41) is 3.51. The minimum Gasteiger partial charge on any atom is -0.379 e. The number of ether oxygens (including phenoxy) is 1. The second kappa shape index (κ2) is 12.6. The third-order valence-corrected chi connectivity index (χ3v) is 5.51. The molecule has 1 aromatic rings. The molecular formula is C22H37IN4O. The SMILES string of the molecule is CCNC(=NCC(C)CN1CCOCC1)N1CCC(Cc2ccccc2)C1.I. The maximum Gasteiger partial charge on any atom is 0.193 e. The van der Waals surface area contributed by atoms with Gasteiger partial charge in [0.2, 0.25) is 0 Å². The molecule has 0 amide bonds. The molecule has 2 saturated heterocycles. The van der Waals surface area contributed by atoms with Crippen LogP contribution in [-0.2, 0) is 11.2 Å². The number of rotatable bonds is 7. The van der Waals surface area contributed by atoms with Gasteiger partial charge in [-0.3, -0.25) is 9.89 Å². The summed E-state index contributed by atoms with van der Waals surface area (Å²) in [7, 11) is 0. The van der Waals surface area contributed by atoms with Crippen molar-refractivity contribution in [2.45, 2.75) is 26.7 Å². The highest BCUT2D eigenvalue weighted by Gasteiger charge is 2.25. The first-order chi connectivity index (χ1) is 13.2. The molecule has 2 heterocycles. The van der Waals surface area contributed by atoms with Crippen LogP contribution in [0.5, 0.6) is 0 Å². The molecule has 0 spiro atoms. The van der Waals surface area contributed by atoms with Crippen LogP contribution < -0.4 is 5.32 Å². The van der Waals surface area contributed by atoms with Gasteiger partial charge in [-0.25, -0.2) is 0 Å². The van der Waals surface area contributed by atoms with Crippen LogP contribution in [0.4, 0.5) is 0 Å². The van der Waals surface area contributed by atoms with Crippen LogP contribution in [0.3, 0.4) is 0 Å². The highest BCUT2D eigenvalue weighted by atomic mass is 127. The van der Waals surface area contributed by atoms with E-state index >= 15 is 0 Å². The van der Waals surface area contributed by atoms with Gasteiger partial charge in [0.1, 0.15) is 0 Å². The first-order valence-electron chi connectivity index (χ1n) is 10.6. The van der Waals surface area contributed by atoms with E-state index in [1.807, 2.05) is 0 Å². The van der Waals surface area contributed by atoms with E-state index in [2.05, 4.69) is 59.3 Å². The van der Waals surface area contributed by atoms with Gasteiger partial charge in [0, 0.05) is 45.8 Å². The van der Waals surface area contributed by atoms with Crippen LogP contribution in [0.2, 0.25) is 0 Å². The molecule has 0 radical (unpaired) electrons. The van der Waals surface area contributed by atoms with Crippen LogP contribution in [-0.4, -0.2) is 74.8 Å². The summed E-state index contributed by atoms with van der Waals surface area (Å²) in [5.74, 6) is 2.39. The van der Waals surface area contributed by atoms with Gasteiger partial charge >= 0.3 is 0 Å². The van der Waals surface area contributed by atoms with Crippen molar-refractivity contribution in [1.82, 2.24) is 15.1 Å². The van der Waals surface area contributed by atoms with Crippen molar-refractivity contribution in [2.75, 3.05) is 59.0 Å². The van der Waals surface area contributed by atoms with Crippen molar-refractivity contribution >= 4 is 29.9 Å². The Morgan fingerprint density at radius 3 is 2.68 bits per heavy atom. The number of hydrogen-bond donors (Lipinski definition) is 1. The molecule has 3 rings (SSSR count). The Morgan fingerprint density at radius 2 is 1.96 bits per heavy atom. The Morgan fingerprint density at radius 1 is 1.21 bits per heavy atom. The van der Waals surface area contributed by atoms with Crippen molar-refractivity contribution in [3.05, 3.63) is 35.9 Å². The molecular weight excluding hydrogens is 463 g/mol. The van der Waals surface area contributed by atoms with Gasteiger partial charge in [-0.15, -0.1) is 24.0 Å². The zero-order valence-corrected chi connectivity index (χ0v) is 19.8.